The van der Waals surface area contributed by atoms with Crippen molar-refractivity contribution in [3.05, 3.63) is 23.9 Å². The Balaban J connectivity index is 2.47. The lowest BCUT2D eigenvalue weighted by molar-refractivity contribution is -0.124. The van der Waals surface area contributed by atoms with Crippen molar-refractivity contribution in [2.45, 2.75) is 25.9 Å². The van der Waals surface area contributed by atoms with E-state index < -0.39 is 12.0 Å². The monoisotopic (exact) mass is 224 g/mol. The molecule has 0 bridgehead atoms. The Labute approximate surface area is 94.1 Å². The van der Waals surface area contributed by atoms with E-state index in [1.807, 2.05) is 13.0 Å². The summed E-state index contributed by atoms with van der Waals surface area (Å²) in [5.74, 6) is -0.0801. The minimum Gasteiger partial charge on any atom is -0.396 e. The molecule has 1 rings (SSSR count). The Bertz CT molecular complexity index is 338. The molecule has 0 radical (unpaired) electrons. The molecule has 0 aliphatic heterocycles. The van der Waals surface area contributed by atoms with Crippen LogP contribution in [0.3, 0.4) is 0 Å². The first kappa shape index (κ1) is 12.6. The van der Waals surface area contributed by atoms with E-state index in [4.69, 9.17) is 5.11 Å². The highest BCUT2D eigenvalue weighted by Gasteiger charge is 2.14. The predicted octanol–water partition coefficient (Wildman–Crippen LogP) is 0.462. The molecule has 1 atom stereocenters. The van der Waals surface area contributed by atoms with Crippen molar-refractivity contribution in [3.63, 3.8) is 0 Å². The fourth-order valence-corrected chi connectivity index (χ4v) is 1.17. The van der Waals surface area contributed by atoms with Crippen LogP contribution in [0.25, 0.3) is 0 Å². The van der Waals surface area contributed by atoms with Gasteiger partial charge in [0, 0.05) is 12.8 Å². The van der Waals surface area contributed by atoms with Crippen LogP contribution in [0.5, 0.6) is 0 Å². The summed E-state index contributed by atoms with van der Waals surface area (Å²) in [6, 6.07) is 3.49. The third kappa shape index (κ3) is 3.96. The number of nitrogens with zero attached hydrogens (tertiary/aromatic N) is 1. The minimum absolute atomic E-state index is 0.0346. The molecule has 3 N–H and O–H groups in total. The highest BCUT2D eigenvalue weighted by atomic mass is 16.3. The normalized spacial score (nSPS) is 12.2. The molecule has 1 heterocycles. The maximum atomic E-state index is 11.4. The predicted molar refractivity (Wildman–Crippen MR) is 59.9 cm³/mol. The fraction of sp³-hybridized carbons (Fsp3) is 0.455. The lowest BCUT2D eigenvalue weighted by atomic mass is 10.2. The molecule has 5 nitrogen and oxygen atoms in total. The molecule has 88 valence electrons. The number of hydrogen-bond donors (Lipinski definition) is 3. The molecule has 0 aromatic carbocycles. The molecule has 1 amide bonds. The summed E-state index contributed by atoms with van der Waals surface area (Å²) in [5, 5.41) is 20.5. The van der Waals surface area contributed by atoms with E-state index in [0.29, 0.717) is 12.2 Å². The molecule has 0 spiro atoms. The van der Waals surface area contributed by atoms with Gasteiger partial charge in [0.1, 0.15) is 11.9 Å². The zero-order chi connectivity index (χ0) is 12.0. The zero-order valence-corrected chi connectivity index (χ0v) is 9.18. The van der Waals surface area contributed by atoms with Crippen LogP contribution in [0.15, 0.2) is 18.3 Å². The number of amides is 1. The van der Waals surface area contributed by atoms with E-state index in [2.05, 4.69) is 10.3 Å². The average molecular weight is 224 g/mol. The van der Waals surface area contributed by atoms with Crippen LogP contribution in [-0.4, -0.2) is 33.8 Å². The number of carbonyl (C=O) groups is 1. The zero-order valence-electron chi connectivity index (χ0n) is 9.18. The first-order chi connectivity index (χ1) is 7.63. The first-order valence-corrected chi connectivity index (χ1v) is 5.16. The number of aliphatic hydroxyl groups excluding tert-OH is 2. The van der Waals surface area contributed by atoms with Crippen LogP contribution < -0.4 is 5.32 Å². The smallest absolute Gasteiger partial charge is 0.254 e. The molecule has 0 aliphatic rings. The maximum Gasteiger partial charge on any atom is 0.254 e. The standard InChI is InChI=1S/C11H16N2O3/c1-8-4-5-10(12-7-8)13-11(16)9(15)3-2-6-14/h4-5,7,9,14-15H,2-3,6H2,1H3,(H,12,13,16). The van der Waals surface area contributed by atoms with Gasteiger partial charge in [-0.05, 0) is 31.4 Å². The summed E-state index contributed by atoms with van der Waals surface area (Å²) in [6.45, 7) is 1.86. The highest BCUT2D eigenvalue weighted by Crippen LogP contribution is 2.06. The van der Waals surface area contributed by atoms with Crippen molar-refractivity contribution in [2.75, 3.05) is 11.9 Å². The number of pyridine rings is 1. The van der Waals surface area contributed by atoms with Crippen molar-refractivity contribution < 1.29 is 15.0 Å². The van der Waals surface area contributed by atoms with Gasteiger partial charge >= 0.3 is 0 Å². The Morgan fingerprint density at radius 2 is 2.31 bits per heavy atom. The van der Waals surface area contributed by atoms with Gasteiger partial charge in [-0.25, -0.2) is 4.98 Å². The van der Waals surface area contributed by atoms with Gasteiger partial charge in [-0.1, -0.05) is 6.07 Å². The van der Waals surface area contributed by atoms with Gasteiger partial charge in [0.25, 0.3) is 5.91 Å². The molecule has 1 aromatic rings. The average Bonchev–Trinajstić information content (AvgIpc) is 2.29. The van der Waals surface area contributed by atoms with Gasteiger partial charge in [-0.2, -0.15) is 0 Å². The molecule has 1 aromatic heterocycles. The van der Waals surface area contributed by atoms with E-state index >= 15 is 0 Å². The Kier molecular flexibility index (Phi) is 4.88. The van der Waals surface area contributed by atoms with Crippen LogP contribution >= 0.6 is 0 Å². The van der Waals surface area contributed by atoms with E-state index in [1.165, 1.54) is 0 Å². The number of aryl methyl sites for hydroxylation is 1. The number of aromatic nitrogens is 1. The summed E-state index contributed by atoms with van der Waals surface area (Å²) in [4.78, 5) is 15.4. The largest absolute Gasteiger partial charge is 0.396 e. The van der Waals surface area contributed by atoms with Crippen molar-refractivity contribution >= 4 is 11.7 Å². The molecular formula is C11H16N2O3. The van der Waals surface area contributed by atoms with Gasteiger partial charge in [0.2, 0.25) is 0 Å². The van der Waals surface area contributed by atoms with Crippen molar-refractivity contribution in [3.8, 4) is 0 Å². The summed E-state index contributed by atoms with van der Waals surface area (Å²) >= 11 is 0. The van der Waals surface area contributed by atoms with Gasteiger partial charge in [0.05, 0.1) is 0 Å². The Morgan fingerprint density at radius 3 is 2.88 bits per heavy atom. The summed E-state index contributed by atoms with van der Waals surface area (Å²) in [7, 11) is 0. The Morgan fingerprint density at radius 1 is 1.56 bits per heavy atom. The van der Waals surface area contributed by atoms with Crippen LogP contribution in [0.1, 0.15) is 18.4 Å². The van der Waals surface area contributed by atoms with E-state index in [0.717, 1.165) is 5.56 Å². The van der Waals surface area contributed by atoms with Gasteiger partial charge in [-0.3, -0.25) is 4.79 Å². The summed E-state index contributed by atoms with van der Waals surface area (Å²) in [5.41, 5.74) is 0.999. The molecule has 5 heteroatoms. The molecule has 16 heavy (non-hydrogen) atoms. The second kappa shape index (κ2) is 6.19. The third-order valence-corrected chi connectivity index (χ3v) is 2.10. The van der Waals surface area contributed by atoms with Crippen LogP contribution in [0.4, 0.5) is 5.82 Å². The lowest BCUT2D eigenvalue weighted by Crippen LogP contribution is -2.28. The molecule has 0 saturated heterocycles. The third-order valence-electron chi connectivity index (χ3n) is 2.10. The van der Waals surface area contributed by atoms with Gasteiger partial charge < -0.3 is 15.5 Å². The van der Waals surface area contributed by atoms with Crippen molar-refractivity contribution in [1.82, 2.24) is 4.98 Å². The molecule has 0 aliphatic carbocycles. The molecule has 1 unspecified atom stereocenters. The second-order valence-electron chi connectivity index (χ2n) is 3.59. The van der Waals surface area contributed by atoms with Gasteiger partial charge in [0.15, 0.2) is 0 Å². The topological polar surface area (TPSA) is 82.5 Å². The van der Waals surface area contributed by atoms with E-state index in [9.17, 15) is 9.90 Å². The maximum absolute atomic E-state index is 11.4. The highest BCUT2D eigenvalue weighted by molar-refractivity contribution is 5.93. The quantitative estimate of drug-likeness (QED) is 0.678. The number of carbonyl (C=O) groups excluding carboxylic acids is 1. The lowest BCUT2D eigenvalue weighted by Gasteiger charge is -2.09. The number of anilines is 1. The Hall–Kier alpha value is -1.46. The first-order valence-electron chi connectivity index (χ1n) is 5.16. The SMILES string of the molecule is Cc1ccc(NC(=O)C(O)CCCO)nc1. The van der Waals surface area contributed by atoms with E-state index in [1.54, 1.807) is 12.3 Å². The number of rotatable bonds is 5. The number of hydrogen-bond acceptors (Lipinski definition) is 4. The molecular weight excluding hydrogens is 208 g/mol. The second-order valence-corrected chi connectivity index (χ2v) is 3.59. The molecule has 0 fully saturated rings. The summed E-state index contributed by atoms with van der Waals surface area (Å²) in [6.07, 6.45) is 1.18. The van der Waals surface area contributed by atoms with Crippen LogP contribution in [-0.2, 0) is 4.79 Å². The molecule has 0 saturated carbocycles. The number of aliphatic hydroxyl groups is 2. The van der Waals surface area contributed by atoms with Crippen molar-refractivity contribution in [1.29, 1.82) is 0 Å². The van der Waals surface area contributed by atoms with Gasteiger partial charge in [-0.15, -0.1) is 0 Å². The van der Waals surface area contributed by atoms with E-state index in [-0.39, 0.29) is 13.0 Å². The van der Waals surface area contributed by atoms with Crippen molar-refractivity contribution in [2.24, 2.45) is 0 Å². The summed E-state index contributed by atoms with van der Waals surface area (Å²) < 4.78 is 0. The fourth-order valence-electron chi connectivity index (χ4n) is 1.17. The van der Waals surface area contributed by atoms with Crippen LogP contribution in [0.2, 0.25) is 0 Å². The van der Waals surface area contributed by atoms with Crippen LogP contribution in [0, 0.1) is 6.92 Å². The number of nitrogens with one attached hydrogen (secondary N) is 1. The minimum atomic E-state index is -1.10.